The predicted octanol–water partition coefficient (Wildman–Crippen LogP) is 0.602. The van der Waals surface area contributed by atoms with E-state index in [4.69, 9.17) is 5.11 Å². The molecule has 0 heterocycles. The van der Waals surface area contributed by atoms with Gasteiger partial charge in [0.25, 0.3) is 5.91 Å². The van der Waals surface area contributed by atoms with E-state index in [2.05, 4.69) is 5.32 Å². The van der Waals surface area contributed by atoms with Crippen molar-refractivity contribution >= 4 is 23.9 Å². The Morgan fingerprint density at radius 1 is 1.30 bits per heavy atom. The molecule has 0 spiro atoms. The minimum Gasteiger partial charge on any atom is -0.478 e. The van der Waals surface area contributed by atoms with Gasteiger partial charge in [0.15, 0.2) is 0 Å². The summed E-state index contributed by atoms with van der Waals surface area (Å²) in [5.74, 6) is -1.65. The van der Waals surface area contributed by atoms with Gasteiger partial charge in [0.1, 0.15) is 0 Å². The number of hydrogen-bond acceptors (Lipinski definition) is 3. The van der Waals surface area contributed by atoms with Gasteiger partial charge in [-0.2, -0.15) is 0 Å². The number of carboxylic acids is 1. The van der Waals surface area contributed by atoms with E-state index < -0.39 is 5.97 Å². The van der Waals surface area contributed by atoms with E-state index >= 15 is 0 Å². The van der Waals surface area contributed by atoms with Crippen LogP contribution in [0.5, 0.6) is 0 Å². The summed E-state index contributed by atoms with van der Waals surface area (Å²) in [6.45, 7) is -0.0823. The second-order valence-corrected chi connectivity index (χ2v) is 4.27. The van der Waals surface area contributed by atoms with Crippen molar-refractivity contribution in [2.45, 2.75) is 0 Å². The fourth-order valence-electron chi connectivity index (χ4n) is 1.37. The van der Waals surface area contributed by atoms with Gasteiger partial charge in [0, 0.05) is 25.7 Å². The molecule has 6 nitrogen and oxygen atoms in total. The van der Waals surface area contributed by atoms with E-state index in [-0.39, 0.29) is 18.4 Å². The Morgan fingerprint density at radius 3 is 2.60 bits per heavy atom. The standard InChI is InChI=1S/C14H16N2O4/c1-16(2)12(17)9-15-14(20)11-5-3-4-10(8-11)6-7-13(18)19/h3-8H,9H2,1-2H3,(H,15,20)(H,18,19). The van der Waals surface area contributed by atoms with Crippen molar-refractivity contribution in [3.63, 3.8) is 0 Å². The second kappa shape index (κ2) is 7.08. The van der Waals surface area contributed by atoms with Crippen LogP contribution in [0.1, 0.15) is 15.9 Å². The Hall–Kier alpha value is -2.63. The maximum absolute atomic E-state index is 11.8. The molecule has 6 heteroatoms. The van der Waals surface area contributed by atoms with E-state index in [0.717, 1.165) is 6.08 Å². The first-order valence-corrected chi connectivity index (χ1v) is 5.89. The Bertz CT molecular complexity index is 550. The number of nitrogens with zero attached hydrogens (tertiary/aromatic N) is 1. The highest BCUT2D eigenvalue weighted by Crippen LogP contribution is 2.07. The van der Waals surface area contributed by atoms with E-state index in [0.29, 0.717) is 11.1 Å². The molecule has 0 unspecified atom stereocenters. The lowest BCUT2D eigenvalue weighted by Gasteiger charge is -2.11. The maximum atomic E-state index is 11.8. The number of nitrogens with one attached hydrogen (secondary N) is 1. The third kappa shape index (κ3) is 4.93. The van der Waals surface area contributed by atoms with Gasteiger partial charge in [-0.1, -0.05) is 12.1 Å². The molecule has 1 aromatic rings. The van der Waals surface area contributed by atoms with Gasteiger partial charge in [0.05, 0.1) is 6.54 Å². The predicted molar refractivity (Wildman–Crippen MR) is 74.1 cm³/mol. The number of likely N-dealkylation sites (N-methyl/N-ethyl adjacent to an activating group) is 1. The lowest BCUT2D eigenvalue weighted by atomic mass is 10.1. The van der Waals surface area contributed by atoms with Crippen LogP contribution in [0.15, 0.2) is 30.3 Å². The molecular weight excluding hydrogens is 260 g/mol. The van der Waals surface area contributed by atoms with E-state index in [9.17, 15) is 14.4 Å². The quantitative estimate of drug-likeness (QED) is 0.771. The summed E-state index contributed by atoms with van der Waals surface area (Å²) in [5.41, 5.74) is 0.961. The lowest BCUT2D eigenvalue weighted by molar-refractivity contribution is -0.131. The highest BCUT2D eigenvalue weighted by molar-refractivity contribution is 5.97. The monoisotopic (exact) mass is 276 g/mol. The number of amides is 2. The summed E-state index contributed by atoms with van der Waals surface area (Å²) < 4.78 is 0. The molecule has 20 heavy (non-hydrogen) atoms. The van der Waals surface area contributed by atoms with Crippen LogP contribution in [-0.2, 0) is 9.59 Å². The third-order valence-electron chi connectivity index (χ3n) is 2.47. The lowest BCUT2D eigenvalue weighted by Crippen LogP contribution is -2.36. The molecule has 0 aliphatic heterocycles. The van der Waals surface area contributed by atoms with Crippen molar-refractivity contribution < 1.29 is 19.5 Å². The van der Waals surface area contributed by atoms with Crippen LogP contribution in [0, 0.1) is 0 Å². The number of aliphatic carboxylic acids is 1. The zero-order chi connectivity index (χ0) is 15.1. The number of rotatable bonds is 5. The van der Waals surface area contributed by atoms with Crippen molar-refractivity contribution in [3.8, 4) is 0 Å². The van der Waals surface area contributed by atoms with E-state index in [1.165, 1.54) is 11.0 Å². The Balaban J connectivity index is 2.71. The molecule has 0 bridgehead atoms. The molecule has 1 aromatic carbocycles. The minimum absolute atomic E-state index is 0.0823. The first kappa shape index (κ1) is 15.4. The molecule has 0 aliphatic carbocycles. The topological polar surface area (TPSA) is 86.7 Å². The van der Waals surface area contributed by atoms with Gasteiger partial charge in [-0.25, -0.2) is 4.79 Å². The zero-order valence-corrected chi connectivity index (χ0v) is 11.3. The smallest absolute Gasteiger partial charge is 0.328 e. The molecule has 2 N–H and O–H groups in total. The molecule has 0 aliphatic rings. The average molecular weight is 276 g/mol. The molecule has 1 rings (SSSR count). The van der Waals surface area contributed by atoms with Crippen molar-refractivity contribution in [2.75, 3.05) is 20.6 Å². The van der Waals surface area contributed by atoms with Crippen molar-refractivity contribution in [1.29, 1.82) is 0 Å². The van der Waals surface area contributed by atoms with Crippen molar-refractivity contribution in [3.05, 3.63) is 41.5 Å². The summed E-state index contributed by atoms with van der Waals surface area (Å²) in [7, 11) is 3.21. The Kier molecular flexibility index (Phi) is 5.46. The maximum Gasteiger partial charge on any atom is 0.328 e. The van der Waals surface area contributed by atoms with Gasteiger partial charge in [-0.15, -0.1) is 0 Å². The second-order valence-electron chi connectivity index (χ2n) is 4.27. The average Bonchev–Trinajstić information content (AvgIpc) is 2.42. The van der Waals surface area contributed by atoms with Crippen molar-refractivity contribution in [1.82, 2.24) is 10.2 Å². The summed E-state index contributed by atoms with van der Waals surface area (Å²) in [6, 6.07) is 6.47. The fourth-order valence-corrected chi connectivity index (χ4v) is 1.37. The highest BCUT2D eigenvalue weighted by atomic mass is 16.4. The van der Waals surface area contributed by atoms with Crippen LogP contribution in [0.2, 0.25) is 0 Å². The van der Waals surface area contributed by atoms with Gasteiger partial charge in [-0.05, 0) is 23.8 Å². The fraction of sp³-hybridized carbons (Fsp3) is 0.214. The summed E-state index contributed by atoms with van der Waals surface area (Å²) in [4.78, 5) is 35.0. The van der Waals surface area contributed by atoms with Crippen LogP contribution in [0.4, 0.5) is 0 Å². The summed E-state index contributed by atoms with van der Waals surface area (Å²) in [6.07, 6.45) is 2.39. The summed E-state index contributed by atoms with van der Waals surface area (Å²) >= 11 is 0. The molecule has 0 saturated carbocycles. The molecule has 0 aromatic heterocycles. The van der Waals surface area contributed by atoms with Gasteiger partial charge >= 0.3 is 5.97 Å². The van der Waals surface area contributed by atoms with Crippen LogP contribution >= 0.6 is 0 Å². The first-order chi connectivity index (χ1) is 9.40. The van der Waals surface area contributed by atoms with Gasteiger partial charge in [0.2, 0.25) is 5.91 Å². The third-order valence-corrected chi connectivity index (χ3v) is 2.47. The van der Waals surface area contributed by atoms with Crippen LogP contribution in [-0.4, -0.2) is 48.4 Å². The van der Waals surface area contributed by atoms with Crippen LogP contribution < -0.4 is 5.32 Å². The molecular formula is C14H16N2O4. The zero-order valence-electron chi connectivity index (χ0n) is 11.3. The Labute approximate surface area is 116 Å². The van der Waals surface area contributed by atoms with Crippen LogP contribution in [0.25, 0.3) is 6.08 Å². The number of carbonyl (C=O) groups excluding carboxylic acids is 2. The van der Waals surface area contributed by atoms with E-state index in [1.54, 1.807) is 38.4 Å². The number of carbonyl (C=O) groups is 3. The number of hydrogen-bond donors (Lipinski definition) is 2. The number of carboxylic acid groups (broad SMARTS) is 1. The molecule has 0 atom stereocenters. The Morgan fingerprint density at radius 2 is 2.00 bits per heavy atom. The van der Waals surface area contributed by atoms with Gasteiger partial charge in [-0.3, -0.25) is 9.59 Å². The van der Waals surface area contributed by atoms with E-state index in [1.807, 2.05) is 0 Å². The summed E-state index contributed by atoms with van der Waals surface area (Å²) in [5, 5.41) is 11.0. The molecule has 0 fully saturated rings. The van der Waals surface area contributed by atoms with Crippen molar-refractivity contribution in [2.24, 2.45) is 0 Å². The largest absolute Gasteiger partial charge is 0.478 e. The first-order valence-electron chi connectivity index (χ1n) is 5.89. The molecule has 0 saturated heterocycles. The SMILES string of the molecule is CN(C)C(=O)CNC(=O)c1cccc(C=CC(=O)O)c1. The minimum atomic E-state index is -1.06. The molecule has 0 radical (unpaired) electrons. The van der Waals surface area contributed by atoms with Gasteiger partial charge < -0.3 is 15.3 Å². The normalized spacial score (nSPS) is 10.3. The van der Waals surface area contributed by atoms with Crippen LogP contribution in [0.3, 0.4) is 0 Å². The highest BCUT2D eigenvalue weighted by Gasteiger charge is 2.09. The molecule has 2 amide bonds. The number of benzene rings is 1. The molecule has 106 valence electrons.